The summed E-state index contributed by atoms with van der Waals surface area (Å²) in [5.41, 5.74) is 2.34. The van der Waals surface area contributed by atoms with Gasteiger partial charge in [-0.3, -0.25) is 4.79 Å². The third kappa shape index (κ3) is 2.25. The minimum atomic E-state index is -0.612. The van der Waals surface area contributed by atoms with E-state index in [9.17, 15) is 4.79 Å². The molecule has 94 valence electrons. The molecule has 3 rings (SSSR count). The fourth-order valence-electron chi connectivity index (χ4n) is 1.98. The van der Waals surface area contributed by atoms with Crippen molar-refractivity contribution in [1.82, 2.24) is 0 Å². The summed E-state index contributed by atoms with van der Waals surface area (Å²) in [4.78, 5) is 15.6. The van der Waals surface area contributed by atoms with Crippen molar-refractivity contribution >= 4 is 29.5 Å². The van der Waals surface area contributed by atoms with E-state index in [0.717, 1.165) is 23.1 Å². The summed E-state index contributed by atoms with van der Waals surface area (Å²) in [6.45, 7) is 0. The van der Waals surface area contributed by atoms with Crippen LogP contribution in [0.15, 0.2) is 53.5 Å². The average Bonchev–Trinajstić information content (AvgIpc) is 2.47. The first-order chi connectivity index (χ1) is 9.28. The highest BCUT2D eigenvalue weighted by Crippen LogP contribution is 2.32. The van der Waals surface area contributed by atoms with Crippen LogP contribution in [0.25, 0.3) is 0 Å². The Balaban J connectivity index is 2.07. The van der Waals surface area contributed by atoms with Crippen molar-refractivity contribution in [2.75, 3.05) is 0 Å². The molecule has 4 heteroatoms. The summed E-state index contributed by atoms with van der Waals surface area (Å²) in [5.74, 6) is 0.437. The topological polar surface area (TPSA) is 38.7 Å². The first kappa shape index (κ1) is 11.9. The molecule has 1 aliphatic rings. The van der Waals surface area contributed by atoms with E-state index in [4.69, 9.17) is 16.3 Å². The first-order valence-electron chi connectivity index (χ1n) is 5.83. The number of rotatable bonds is 2. The van der Waals surface area contributed by atoms with Crippen molar-refractivity contribution < 1.29 is 9.53 Å². The Morgan fingerprint density at radius 2 is 1.84 bits per heavy atom. The standard InChI is InChI=1S/C15H10ClNO2/c16-11-7-5-10(6-8-11)15-17-13-4-2-1-3-12(13)14(9-18)19-15/h1-9,14H. The van der Waals surface area contributed by atoms with Crippen LogP contribution in [0.3, 0.4) is 0 Å². The van der Waals surface area contributed by atoms with Gasteiger partial charge in [0.05, 0.1) is 5.69 Å². The number of nitrogens with zero attached hydrogens (tertiary/aromatic N) is 1. The number of ether oxygens (including phenoxy) is 1. The van der Waals surface area contributed by atoms with Crippen molar-refractivity contribution in [2.24, 2.45) is 4.99 Å². The number of carbonyl (C=O) groups is 1. The minimum Gasteiger partial charge on any atom is -0.461 e. The third-order valence-corrected chi connectivity index (χ3v) is 3.17. The second-order valence-electron chi connectivity index (χ2n) is 4.16. The number of para-hydroxylation sites is 1. The Morgan fingerprint density at radius 1 is 1.11 bits per heavy atom. The molecule has 0 N–H and O–H groups in total. The number of carbonyl (C=O) groups excluding carboxylic acids is 1. The van der Waals surface area contributed by atoms with E-state index in [-0.39, 0.29) is 0 Å². The van der Waals surface area contributed by atoms with Gasteiger partial charge in [0.1, 0.15) is 0 Å². The van der Waals surface area contributed by atoms with Gasteiger partial charge in [0.2, 0.25) is 5.90 Å². The number of halogens is 1. The minimum absolute atomic E-state index is 0.437. The van der Waals surface area contributed by atoms with Gasteiger partial charge < -0.3 is 4.74 Å². The van der Waals surface area contributed by atoms with Crippen LogP contribution in [0.5, 0.6) is 0 Å². The fourth-order valence-corrected chi connectivity index (χ4v) is 2.10. The van der Waals surface area contributed by atoms with Crippen LogP contribution < -0.4 is 0 Å². The summed E-state index contributed by atoms with van der Waals surface area (Å²) in [6.07, 6.45) is 0.169. The van der Waals surface area contributed by atoms with E-state index in [1.807, 2.05) is 36.4 Å². The number of aliphatic imine (C=N–C) groups is 1. The van der Waals surface area contributed by atoms with Crippen LogP contribution in [-0.2, 0) is 9.53 Å². The molecule has 1 atom stereocenters. The second-order valence-corrected chi connectivity index (χ2v) is 4.59. The summed E-state index contributed by atoms with van der Waals surface area (Å²) in [7, 11) is 0. The zero-order valence-corrected chi connectivity index (χ0v) is 10.7. The van der Waals surface area contributed by atoms with E-state index < -0.39 is 6.10 Å². The van der Waals surface area contributed by atoms with Crippen LogP contribution >= 0.6 is 11.6 Å². The van der Waals surface area contributed by atoms with Gasteiger partial charge in [-0.25, -0.2) is 4.99 Å². The van der Waals surface area contributed by atoms with E-state index >= 15 is 0 Å². The number of hydrogen-bond donors (Lipinski definition) is 0. The van der Waals surface area contributed by atoms with Crippen molar-refractivity contribution in [3.8, 4) is 0 Å². The molecule has 1 heterocycles. The Morgan fingerprint density at radius 3 is 2.58 bits per heavy atom. The van der Waals surface area contributed by atoms with E-state index in [1.165, 1.54) is 0 Å². The molecule has 0 amide bonds. The number of aldehydes is 1. The molecule has 1 unspecified atom stereocenters. The molecule has 1 aliphatic heterocycles. The highest BCUT2D eigenvalue weighted by atomic mass is 35.5. The van der Waals surface area contributed by atoms with Crippen LogP contribution in [-0.4, -0.2) is 12.2 Å². The van der Waals surface area contributed by atoms with Gasteiger partial charge >= 0.3 is 0 Å². The second kappa shape index (κ2) is 4.86. The molecule has 0 saturated carbocycles. The molecule has 0 fully saturated rings. The van der Waals surface area contributed by atoms with Gasteiger partial charge in [0, 0.05) is 16.1 Å². The maximum absolute atomic E-state index is 11.2. The van der Waals surface area contributed by atoms with Gasteiger partial charge in [0.15, 0.2) is 12.4 Å². The lowest BCUT2D eigenvalue weighted by molar-refractivity contribution is -0.114. The Labute approximate surface area is 115 Å². The zero-order chi connectivity index (χ0) is 13.2. The highest BCUT2D eigenvalue weighted by molar-refractivity contribution is 6.30. The van der Waals surface area contributed by atoms with Gasteiger partial charge in [-0.15, -0.1) is 0 Å². The van der Waals surface area contributed by atoms with Crippen molar-refractivity contribution in [3.05, 3.63) is 64.7 Å². The maximum Gasteiger partial charge on any atom is 0.222 e. The average molecular weight is 272 g/mol. The largest absolute Gasteiger partial charge is 0.461 e. The molecule has 0 spiro atoms. The predicted molar refractivity (Wildman–Crippen MR) is 74.0 cm³/mol. The van der Waals surface area contributed by atoms with Gasteiger partial charge in [-0.1, -0.05) is 29.8 Å². The molecular weight excluding hydrogens is 262 g/mol. The molecule has 2 aromatic carbocycles. The van der Waals surface area contributed by atoms with Crippen molar-refractivity contribution in [3.63, 3.8) is 0 Å². The monoisotopic (exact) mass is 271 g/mol. The molecule has 2 aromatic rings. The predicted octanol–water partition coefficient (Wildman–Crippen LogP) is 3.69. The number of benzene rings is 2. The van der Waals surface area contributed by atoms with Gasteiger partial charge in [-0.05, 0) is 30.3 Å². The lowest BCUT2D eigenvalue weighted by Gasteiger charge is -2.22. The summed E-state index contributed by atoms with van der Waals surface area (Å²) in [5, 5.41) is 0.646. The fraction of sp³-hybridized carbons (Fsp3) is 0.0667. The van der Waals surface area contributed by atoms with Gasteiger partial charge in [-0.2, -0.15) is 0 Å². The highest BCUT2D eigenvalue weighted by Gasteiger charge is 2.23. The molecular formula is C15H10ClNO2. The first-order valence-corrected chi connectivity index (χ1v) is 6.21. The van der Waals surface area contributed by atoms with E-state index in [2.05, 4.69) is 4.99 Å². The lowest BCUT2D eigenvalue weighted by Crippen LogP contribution is -2.17. The van der Waals surface area contributed by atoms with Crippen LogP contribution in [0.1, 0.15) is 17.2 Å². The Hall–Kier alpha value is -2.13. The quantitative estimate of drug-likeness (QED) is 0.782. The summed E-state index contributed by atoms with van der Waals surface area (Å²) < 4.78 is 5.63. The Bertz CT molecular complexity index is 649. The summed E-state index contributed by atoms with van der Waals surface area (Å²) in [6, 6.07) is 14.6. The third-order valence-electron chi connectivity index (χ3n) is 2.92. The van der Waals surface area contributed by atoms with E-state index in [0.29, 0.717) is 10.9 Å². The summed E-state index contributed by atoms with van der Waals surface area (Å²) >= 11 is 5.85. The normalized spacial score (nSPS) is 17.1. The number of hydrogen-bond acceptors (Lipinski definition) is 3. The lowest BCUT2D eigenvalue weighted by atomic mass is 10.1. The van der Waals surface area contributed by atoms with E-state index in [1.54, 1.807) is 12.1 Å². The maximum atomic E-state index is 11.2. The molecule has 0 radical (unpaired) electrons. The van der Waals surface area contributed by atoms with Gasteiger partial charge in [0.25, 0.3) is 0 Å². The molecule has 3 nitrogen and oxygen atoms in total. The van der Waals surface area contributed by atoms with Crippen LogP contribution in [0.2, 0.25) is 5.02 Å². The molecule has 0 bridgehead atoms. The van der Waals surface area contributed by atoms with Crippen LogP contribution in [0, 0.1) is 0 Å². The van der Waals surface area contributed by atoms with Crippen molar-refractivity contribution in [1.29, 1.82) is 0 Å². The van der Waals surface area contributed by atoms with Crippen molar-refractivity contribution in [2.45, 2.75) is 6.10 Å². The van der Waals surface area contributed by atoms with Crippen LogP contribution in [0.4, 0.5) is 5.69 Å². The number of fused-ring (bicyclic) bond motifs is 1. The molecule has 19 heavy (non-hydrogen) atoms. The smallest absolute Gasteiger partial charge is 0.222 e. The molecule has 0 aromatic heterocycles. The molecule has 0 saturated heterocycles. The Kier molecular flexibility index (Phi) is 3.05. The molecule has 0 aliphatic carbocycles. The SMILES string of the molecule is O=CC1OC(c2ccc(Cl)cc2)=Nc2ccccc21. The zero-order valence-electron chi connectivity index (χ0n) is 9.92.